The summed E-state index contributed by atoms with van der Waals surface area (Å²) in [5, 5.41) is 0. The van der Waals surface area contributed by atoms with Crippen molar-refractivity contribution in [1.29, 1.82) is 0 Å². The molecule has 3 rings (SSSR count). The van der Waals surface area contributed by atoms with Gasteiger partial charge >= 0.3 is 12.5 Å². The van der Waals surface area contributed by atoms with Gasteiger partial charge in [-0.2, -0.15) is 0 Å². The number of benzene rings is 1. The van der Waals surface area contributed by atoms with E-state index < -0.39 is 34.6 Å². The van der Waals surface area contributed by atoms with Gasteiger partial charge in [0.25, 0.3) is 0 Å². The number of carbonyl (C=O) groups excluding carboxylic acids is 1. The third-order valence-corrected chi connectivity index (χ3v) is 7.02. The number of piperidine rings is 1. The van der Waals surface area contributed by atoms with Crippen LogP contribution in [0.2, 0.25) is 0 Å². The van der Waals surface area contributed by atoms with Gasteiger partial charge in [-0.1, -0.05) is 12.1 Å². The maximum Gasteiger partial charge on any atom is 0.573 e. The number of hydrogen-bond acceptors (Lipinski definition) is 6. The van der Waals surface area contributed by atoms with Gasteiger partial charge in [-0.05, 0) is 62.1 Å². The Morgan fingerprint density at radius 3 is 2.50 bits per heavy atom. The molecule has 192 valence electrons. The van der Waals surface area contributed by atoms with Crippen LogP contribution in [-0.4, -0.2) is 70.5 Å². The van der Waals surface area contributed by atoms with Crippen LogP contribution in [0.3, 0.4) is 0 Å². The summed E-state index contributed by atoms with van der Waals surface area (Å²) >= 11 is 0. The van der Waals surface area contributed by atoms with E-state index in [4.69, 9.17) is 9.47 Å². The summed E-state index contributed by atoms with van der Waals surface area (Å²) < 4.78 is 78.8. The molecule has 0 radical (unpaired) electrons. The summed E-state index contributed by atoms with van der Waals surface area (Å²) in [6, 6.07) is 5.09. The Bertz CT molecular complexity index is 935. The van der Waals surface area contributed by atoms with E-state index >= 15 is 0 Å². The minimum atomic E-state index is -4.73. The number of halogens is 3. The van der Waals surface area contributed by atoms with E-state index in [0.717, 1.165) is 24.7 Å². The molecule has 34 heavy (non-hydrogen) atoms. The van der Waals surface area contributed by atoms with Crippen molar-refractivity contribution in [3.8, 4) is 5.75 Å². The molecule has 1 aromatic rings. The van der Waals surface area contributed by atoms with Crippen LogP contribution in [0.15, 0.2) is 24.3 Å². The van der Waals surface area contributed by atoms with Crippen molar-refractivity contribution in [3.63, 3.8) is 0 Å². The lowest BCUT2D eigenvalue weighted by atomic mass is 9.82. The van der Waals surface area contributed by atoms with E-state index in [1.165, 1.54) is 24.1 Å². The third-order valence-electron chi connectivity index (χ3n) is 6.29. The summed E-state index contributed by atoms with van der Waals surface area (Å²) in [6.07, 6.45) is -0.187. The highest BCUT2D eigenvalue weighted by Gasteiger charge is 2.37. The lowest BCUT2D eigenvalue weighted by molar-refractivity contribution is -0.274. The molecule has 0 unspecified atom stereocenters. The van der Waals surface area contributed by atoms with E-state index in [9.17, 15) is 26.4 Å². The van der Waals surface area contributed by atoms with Gasteiger partial charge in [0.15, 0.2) is 0 Å². The molecular weight excluding hydrogens is 477 g/mol. The van der Waals surface area contributed by atoms with E-state index in [2.05, 4.69) is 9.46 Å². The molecule has 2 aliphatic rings. The summed E-state index contributed by atoms with van der Waals surface area (Å²) in [7, 11) is -2.19. The molecule has 1 saturated carbocycles. The van der Waals surface area contributed by atoms with Crippen LogP contribution in [0.1, 0.15) is 50.0 Å². The molecule has 0 bridgehead atoms. The summed E-state index contributed by atoms with van der Waals surface area (Å²) in [5.74, 6) is -0.134. The molecular formula is C22H31F3N2O6S. The summed E-state index contributed by atoms with van der Waals surface area (Å²) in [4.78, 5) is 13.7. The zero-order valence-electron chi connectivity index (χ0n) is 19.2. The van der Waals surface area contributed by atoms with Gasteiger partial charge in [0.05, 0.1) is 32.1 Å². The number of alkyl halides is 3. The first-order valence-electron chi connectivity index (χ1n) is 11.2. The Morgan fingerprint density at radius 1 is 1.18 bits per heavy atom. The molecule has 1 saturated heterocycles. The first kappa shape index (κ1) is 26.6. The predicted molar refractivity (Wildman–Crippen MR) is 118 cm³/mol. The number of hydrogen-bond donors (Lipinski definition) is 1. The lowest BCUT2D eigenvalue weighted by Crippen LogP contribution is -2.59. The standard InChI is InChI=1S/C22H31F3N2O6S/c1-31-21(28)27-12-4-7-19(26-34(2,29)30)20(27)14-32-17-10-8-15(9-11-17)16-5-3-6-18(13-16)33-22(23,24)25/h3,5-6,13,15,17,19-20,26H,4,7-12,14H2,1-2H3/t15?,17?,19-,20-/m0/s1. The maximum atomic E-state index is 12.5. The van der Waals surface area contributed by atoms with Crippen molar-refractivity contribution in [1.82, 2.24) is 9.62 Å². The average Bonchev–Trinajstić information content (AvgIpc) is 2.76. The van der Waals surface area contributed by atoms with Crippen LogP contribution in [0.4, 0.5) is 18.0 Å². The average molecular weight is 509 g/mol. The monoisotopic (exact) mass is 508 g/mol. The molecule has 1 N–H and O–H groups in total. The van der Waals surface area contributed by atoms with Crippen molar-refractivity contribution in [2.24, 2.45) is 0 Å². The fourth-order valence-electron chi connectivity index (χ4n) is 4.78. The smallest absolute Gasteiger partial charge is 0.453 e. The lowest BCUT2D eigenvalue weighted by Gasteiger charge is -2.41. The molecule has 1 aliphatic carbocycles. The topological polar surface area (TPSA) is 94.2 Å². The highest BCUT2D eigenvalue weighted by Crippen LogP contribution is 2.36. The summed E-state index contributed by atoms with van der Waals surface area (Å²) in [6.45, 7) is 0.609. The number of methoxy groups -OCH3 is 1. The molecule has 1 aromatic carbocycles. The highest BCUT2D eigenvalue weighted by molar-refractivity contribution is 7.88. The molecule has 1 aliphatic heterocycles. The molecule has 1 heterocycles. The van der Waals surface area contributed by atoms with E-state index in [1.54, 1.807) is 12.1 Å². The number of sulfonamides is 1. The predicted octanol–water partition coefficient (Wildman–Crippen LogP) is 3.78. The van der Waals surface area contributed by atoms with Crippen LogP contribution in [0, 0.1) is 0 Å². The summed E-state index contributed by atoms with van der Waals surface area (Å²) in [5.41, 5.74) is 0.793. The minimum absolute atomic E-state index is 0.0915. The van der Waals surface area contributed by atoms with Crippen molar-refractivity contribution in [3.05, 3.63) is 29.8 Å². The quantitative estimate of drug-likeness (QED) is 0.603. The number of carbonyl (C=O) groups is 1. The molecule has 0 spiro atoms. The third kappa shape index (κ3) is 7.74. The van der Waals surface area contributed by atoms with Crippen LogP contribution in [0.5, 0.6) is 5.75 Å². The first-order valence-corrected chi connectivity index (χ1v) is 13.1. The zero-order chi connectivity index (χ0) is 24.9. The van der Waals surface area contributed by atoms with Crippen molar-refractivity contribution in [2.45, 2.75) is 69.0 Å². The molecule has 8 nitrogen and oxygen atoms in total. The van der Waals surface area contributed by atoms with Gasteiger partial charge in [0.2, 0.25) is 10.0 Å². The van der Waals surface area contributed by atoms with Crippen molar-refractivity contribution < 1.29 is 40.6 Å². The first-order chi connectivity index (χ1) is 15.9. The fourth-order valence-corrected chi connectivity index (χ4v) is 5.61. The van der Waals surface area contributed by atoms with Crippen LogP contribution < -0.4 is 9.46 Å². The fraction of sp³-hybridized carbons (Fsp3) is 0.682. The van der Waals surface area contributed by atoms with Gasteiger partial charge in [-0.3, -0.25) is 0 Å². The SMILES string of the molecule is COC(=O)N1CCC[C@H](NS(C)(=O)=O)[C@@H]1COC1CCC(c2cccc(OC(F)(F)F)c2)CC1. The molecule has 0 aromatic heterocycles. The highest BCUT2D eigenvalue weighted by atomic mass is 32.2. The van der Waals surface area contributed by atoms with Gasteiger partial charge < -0.3 is 19.1 Å². The normalized spacial score (nSPS) is 26.2. The molecule has 1 amide bonds. The Hall–Kier alpha value is -2.05. The zero-order valence-corrected chi connectivity index (χ0v) is 20.0. The number of rotatable bonds is 7. The Kier molecular flexibility index (Phi) is 8.69. The van der Waals surface area contributed by atoms with Crippen LogP contribution in [0.25, 0.3) is 0 Å². The van der Waals surface area contributed by atoms with Crippen molar-refractivity contribution >= 4 is 16.1 Å². The maximum absolute atomic E-state index is 12.5. The minimum Gasteiger partial charge on any atom is -0.453 e. The largest absolute Gasteiger partial charge is 0.573 e. The number of nitrogens with zero attached hydrogens (tertiary/aromatic N) is 1. The molecule has 2 fully saturated rings. The second kappa shape index (κ2) is 11.1. The number of likely N-dealkylation sites (tertiary alicyclic amines) is 1. The second-order valence-electron chi connectivity index (χ2n) is 8.80. The number of amides is 1. The van der Waals surface area contributed by atoms with E-state index in [1.807, 2.05) is 0 Å². The number of ether oxygens (including phenoxy) is 3. The van der Waals surface area contributed by atoms with Gasteiger partial charge in [0.1, 0.15) is 5.75 Å². The van der Waals surface area contributed by atoms with Gasteiger partial charge in [-0.15, -0.1) is 13.2 Å². The Balaban J connectivity index is 1.58. The van der Waals surface area contributed by atoms with Gasteiger partial charge in [0, 0.05) is 12.6 Å². The van der Waals surface area contributed by atoms with Crippen molar-refractivity contribution in [2.75, 3.05) is 26.5 Å². The van der Waals surface area contributed by atoms with E-state index in [-0.39, 0.29) is 24.4 Å². The van der Waals surface area contributed by atoms with Crippen LogP contribution >= 0.6 is 0 Å². The number of nitrogens with one attached hydrogen (secondary N) is 1. The Morgan fingerprint density at radius 2 is 1.88 bits per heavy atom. The Labute approximate surface area is 197 Å². The van der Waals surface area contributed by atoms with Crippen LogP contribution in [-0.2, 0) is 19.5 Å². The second-order valence-corrected chi connectivity index (χ2v) is 10.6. The van der Waals surface area contributed by atoms with E-state index in [0.29, 0.717) is 32.2 Å². The molecule has 2 atom stereocenters. The molecule has 12 heteroatoms. The van der Waals surface area contributed by atoms with Gasteiger partial charge in [-0.25, -0.2) is 17.9 Å².